The van der Waals surface area contributed by atoms with Gasteiger partial charge in [0.2, 0.25) is 0 Å². The minimum atomic E-state index is -0.542. The lowest BCUT2D eigenvalue weighted by Gasteiger charge is -2.09. The summed E-state index contributed by atoms with van der Waals surface area (Å²) >= 11 is 3.33. The Bertz CT molecular complexity index is 436. The Balaban J connectivity index is 2.45. The second kappa shape index (κ2) is 4.41. The molecule has 0 saturated heterocycles. The van der Waals surface area contributed by atoms with Crippen LogP contribution in [0.1, 0.15) is 15.9 Å². The van der Waals surface area contributed by atoms with Crippen LogP contribution in [0.15, 0.2) is 16.6 Å². The third-order valence-corrected chi connectivity index (χ3v) is 2.96. The molecule has 0 aliphatic carbocycles. The Morgan fingerprint density at radius 3 is 3.06 bits per heavy atom. The van der Waals surface area contributed by atoms with Gasteiger partial charge >= 0.3 is 0 Å². The maximum absolute atomic E-state index is 12.5. The van der Waals surface area contributed by atoms with E-state index in [1.165, 1.54) is 0 Å². The number of hydrogen-bond donors (Lipinski definition) is 1. The Morgan fingerprint density at radius 1 is 1.69 bits per heavy atom. The zero-order chi connectivity index (χ0) is 11.7. The third-order valence-electron chi connectivity index (χ3n) is 2.51. The molecule has 1 aromatic rings. The van der Waals surface area contributed by atoms with Crippen molar-refractivity contribution in [1.29, 1.82) is 0 Å². The summed E-state index contributed by atoms with van der Waals surface area (Å²) in [7, 11) is 1.55. The second-order valence-corrected chi connectivity index (χ2v) is 4.53. The molecule has 2 rings (SSSR count). The number of hydrogen-bond acceptors (Lipinski definition) is 2. The largest absolute Gasteiger partial charge is 0.486 e. The molecule has 5 heteroatoms. The normalized spacial score (nSPS) is 17.8. The molecule has 0 fully saturated rings. The van der Waals surface area contributed by atoms with E-state index in [1.54, 1.807) is 13.1 Å². The average Bonchev–Trinajstić information content (AvgIpc) is 2.69. The first-order chi connectivity index (χ1) is 7.65. The van der Waals surface area contributed by atoms with E-state index >= 15 is 0 Å². The summed E-state index contributed by atoms with van der Waals surface area (Å²) in [5.41, 5.74) is 1.32. The molecule has 0 saturated carbocycles. The quantitative estimate of drug-likeness (QED) is 0.905. The van der Waals surface area contributed by atoms with Crippen LogP contribution in [0.3, 0.4) is 0 Å². The van der Waals surface area contributed by atoms with E-state index in [2.05, 4.69) is 21.2 Å². The van der Waals surface area contributed by atoms with E-state index < -0.39 is 12.8 Å². The molecule has 16 heavy (non-hydrogen) atoms. The summed E-state index contributed by atoms with van der Waals surface area (Å²) in [6, 6.07) is 3.54. The summed E-state index contributed by atoms with van der Waals surface area (Å²) in [5.74, 6) is 0.280. The molecule has 1 atom stereocenters. The lowest BCUT2D eigenvalue weighted by molar-refractivity contribution is 0.0956. The van der Waals surface area contributed by atoms with Gasteiger partial charge in [0.05, 0.1) is 5.56 Å². The zero-order valence-electron chi connectivity index (χ0n) is 8.72. The van der Waals surface area contributed by atoms with Crippen molar-refractivity contribution in [3.8, 4) is 5.75 Å². The lowest BCUT2D eigenvalue weighted by atomic mass is 10.1. The van der Waals surface area contributed by atoms with Gasteiger partial charge in [-0.3, -0.25) is 4.79 Å². The second-order valence-electron chi connectivity index (χ2n) is 3.62. The fraction of sp³-hybridized carbons (Fsp3) is 0.364. The van der Waals surface area contributed by atoms with Gasteiger partial charge < -0.3 is 10.1 Å². The number of fused-ring (bicyclic) bond motifs is 1. The van der Waals surface area contributed by atoms with Crippen molar-refractivity contribution < 1.29 is 13.9 Å². The first-order valence-electron chi connectivity index (χ1n) is 4.92. The van der Waals surface area contributed by atoms with E-state index in [1.807, 2.05) is 6.07 Å². The standard InChI is InChI=1S/C11H11BrFNO2/c1-14-11(15)9-4-7(12)2-6-3-8(5-13)16-10(6)9/h2,4,8H,3,5H2,1H3,(H,14,15). The highest BCUT2D eigenvalue weighted by Crippen LogP contribution is 2.35. The molecular weight excluding hydrogens is 277 g/mol. The van der Waals surface area contributed by atoms with Crippen molar-refractivity contribution in [2.45, 2.75) is 12.5 Å². The minimum absolute atomic E-state index is 0.225. The highest BCUT2D eigenvalue weighted by molar-refractivity contribution is 9.10. The summed E-state index contributed by atoms with van der Waals surface area (Å²) in [4.78, 5) is 11.6. The van der Waals surface area contributed by atoms with Gasteiger partial charge in [0.1, 0.15) is 18.5 Å². The van der Waals surface area contributed by atoms with Crippen molar-refractivity contribution in [2.75, 3.05) is 13.7 Å². The molecule has 1 aliphatic rings. The van der Waals surface area contributed by atoms with E-state index in [0.717, 1.165) is 10.0 Å². The SMILES string of the molecule is CNC(=O)c1cc(Br)cc2c1OC(CF)C2. The Hall–Kier alpha value is -1.10. The number of nitrogens with one attached hydrogen (secondary N) is 1. The van der Waals surface area contributed by atoms with E-state index in [0.29, 0.717) is 17.7 Å². The number of carbonyl (C=O) groups is 1. The maximum Gasteiger partial charge on any atom is 0.254 e. The van der Waals surface area contributed by atoms with Crippen LogP contribution in [0, 0.1) is 0 Å². The molecular formula is C11H11BrFNO2. The van der Waals surface area contributed by atoms with Crippen LogP contribution in [0.5, 0.6) is 5.75 Å². The molecule has 1 heterocycles. The maximum atomic E-state index is 12.5. The van der Waals surface area contributed by atoms with Gasteiger partial charge in [-0.15, -0.1) is 0 Å². The summed E-state index contributed by atoms with van der Waals surface area (Å²) in [6.45, 7) is -0.542. The molecule has 0 bridgehead atoms. The van der Waals surface area contributed by atoms with Crippen LogP contribution >= 0.6 is 15.9 Å². The average molecular weight is 288 g/mol. The van der Waals surface area contributed by atoms with E-state index in [9.17, 15) is 9.18 Å². The van der Waals surface area contributed by atoms with Crippen LogP contribution in [-0.2, 0) is 6.42 Å². The van der Waals surface area contributed by atoms with Crippen LogP contribution < -0.4 is 10.1 Å². The molecule has 0 aromatic heterocycles. The number of halogens is 2. The van der Waals surface area contributed by atoms with Gasteiger partial charge in [-0.25, -0.2) is 4.39 Å². The molecule has 1 aromatic carbocycles. The van der Waals surface area contributed by atoms with Crippen LogP contribution in [0.25, 0.3) is 0 Å². The summed E-state index contributed by atoms with van der Waals surface area (Å²) in [5, 5.41) is 2.54. The van der Waals surface area contributed by atoms with Crippen molar-refractivity contribution in [3.05, 3.63) is 27.7 Å². The smallest absolute Gasteiger partial charge is 0.254 e. The van der Waals surface area contributed by atoms with Crippen molar-refractivity contribution >= 4 is 21.8 Å². The van der Waals surface area contributed by atoms with Gasteiger partial charge in [-0.2, -0.15) is 0 Å². The van der Waals surface area contributed by atoms with Gasteiger partial charge in [0.25, 0.3) is 5.91 Å². The number of amides is 1. The van der Waals surface area contributed by atoms with Crippen LogP contribution in [0.4, 0.5) is 4.39 Å². The Kier molecular flexibility index (Phi) is 3.14. The highest BCUT2D eigenvalue weighted by Gasteiger charge is 2.27. The molecule has 1 amide bonds. The third kappa shape index (κ3) is 1.91. The number of rotatable bonds is 2. The predicted octanol–water partition coefficient (Wildman–Crippen LogP) is 2.08. The Labute approximate surface area is 101 Å². The fourth-order valence-electron chi connectivity index (χ4n) is 1.78. The zero-order valence-corrected chi connectivity index (χ0v) is 10.3. The highest BCUT2D eigenvalue weighted by atomic mass is 79.9. The molecule has 86 valence electrons. The Morgan fingerprint density at radius 2 is 2.44 bits per heavy atom. The van der Waals surface area contributed by atoms with E-state index in [4.69, 9.17) is 4.74 Å². The lowest BCUT2D eigenvalue weighted by Crippen LogP contribution is -2.20. The molecule has 0 radical (unpaired) electrons. The predicted molar refractivity (Wildman–Crippen MR) is 61.6 cm³/mol. The molecule has 1 unspecified atom stereocenters. The molecule has 3 nitrogen and oxygen atoms in total. The van der Waals surface area contributed by atoms with Gasteiger partial charge in [-0.05, 0) is 17.7 Å². The van der Waals surface area contributed by atoms with Crippen molar-refractivity contribution in [1.82, 2.24) is 5.32 Å². The van der Waals surface area contributed by atoms with Gasteiger partial charge in [-0.1, -0.05) is 15.9 Å². The summed E-state index contributed by atoms with van der Waals surface area (Å²) in [6.07, 6.45) is 0.0441. The summed E-state index contributed by atoms with van der Waals surface area (Å²) < 4.78 is 18.7. The van der Waals surface area contributed by atoms with E-state index in [-0.39, 0.29) is 5.91 Å². The molecule has 0 spiro atoms. The fourth-order valence-corrected chi connectivity index (χ4v) is 2.29. The number of carbonyl (C=O) groups excluding carboxylic acids is 1. The number of alkyl halides is 1. The van der Waals surface area contributed by atoms with Crippen LogP contribution in [-0.4, -0.2) is 25.7 Å². The minimum Gasteiger partial charge on any atom is -0.486 e. The van der Waals surface area contributed by atoms with Gasteiger partial charge in [0.15, 0.2) is 0 Å². The van der Waals surface area contributed by atoms with Crippen molar-refractivity contribution in [3.63, 3.8) is 0 Å². The monoisotopic (exact) mass is 287 g/mol. The topological polar surface area (TPSA) is 38.3 Å². The van der Waals surface area contributed by atoms with Gasteiger partial charge in [0, 0.05) is 17.9 Å². The number of ether oxygens (including phenoxy) is 1. The first-order valence-corrected chi connectivity index (χ1v) is 5.72. The van der Waals surface area contributed by atoms with Crippen molar-refractivity contribution in [2.24, 2.45) is 0 Å². The molecule has 1 aliphatic heterocycles. The molecule has 1 N–H and O–H groups in total. The van der Waals surface area contributed by atoms with Crippen LogP contribution in [0.2, 0.25) is 0 Å². The number of benzene rings is 1. The first kappa shape index (κ1) is 11.4.